The van der Waals surface area contributed by atoms with E-state index >= 15 is 0 Å². The molecule has 8 nitrogen and oxygen atoms in total. The van der Waals surface area contributed by atoms with E-state index in [0.717, 1.165) is 14.2 Å². The molecule has 2 aromatic heterocycles. The molecule has 0 saturated carbocycles. The maximum atomic E-state index is 13.3. The lowest BCUT2D eigenvalue weighted by atomic mass is 10.0. The number of nitrogens with zero attached hydrogens (tertiary/aromatic N) is 2. The van der Waals surface area contributed by atoms with Gasteiger partial charge in [-0.2, -0.15) is 5.26 Å². The van der Waals surface area contributed by atoms with Gasteiger partial charge in [0.1, 0.15) is 22.6 Å². The second-order valence-electron chi connectivity index (χ2n) is 5.93. The lowest BCUT2D eigenvalue weighted by Gasteiger charge is -2.07. The minimum Gasteiger partial charge on any atom is -0.497 e. The monoisotopic (exact) mass is 392 g/mol. The Balaban J connectivity index is 2.41. The van der Waals surface area contributed by atoms with Crippen LogP contribution in [0.25, 0.3) is 5.52 Å². The van der Waals surface area contributed by atoms with Gasteiger partial charge in [0.25, 0.3) is 0 Å². The molecular weight excluding hydrogens is 376 g/mol. The first-order valence-corrected chi connectivity index (χ1v) is 8.40. The van der Waals surface area contributed by atoms with Crippen LogP contribution in [0.15, 0.2) is 42.6 Å². The van der Waals surface area contributed by atoms with Crippen molar-refractivity contribution in [3.05, 3.63) is 70.5 Å². The molecule has 3 aromatic rings. The summed E-state index contributed by atoms with van der Waals surface area (Å²) >= 11 is 0. The first-order chi connectivity index (χ1) is 14.0. The summed E-state index contributed by atoms with van der Waals surface area (Å²) in [5.74, 6) is -1.78. The Kier molecular flexibility index (Phi) is 5.32. The van der Waals surface area contributed by atoms with Crippen molar-refractivity contribution >= 4 is 23.2 Å². The van der Waals surface area contributed by atoms with Crippen LogP contribution in [0.1, 0.15) is 42.3 Å². The molecule has 0 aliphatic carbocycles. The minimum atomic E-state index is -0.876. The van der Waals surface area contributed by atoms with Gasteiger partial charge in [0.15, 0.2) is 0 Å². The fraction of sp³-hybridized carbons (Fsp3) is 0.143. The van der Waals surface area contributed by atoms with Crippen LogP contribution in [0.4, 0.5) is 0 Å². The van der Waals surface area contributed by atoms with Gasteiger partial charge >= 0.3 is 11.9 Å². The van der Waals surface area contributed by atoms with Crippen LogP contribution in [-0.2, 0) is 9.47 Å². The number of hydrogen-bond donors (Lipinski definition) is 0. The molecule has 8 heteroatoms. The molecule has 1 aromatic carbocycles. The number of pyridine rings is 1. The summed E-state index contributed by atoms with van der Waals surface area (Å²) in [4.78, 5) is 38.4. The highest BCUT2D eigenvalue weighted by Gasteiger charge is 2.33. The Hall–Kier alpha value is -4.12. The zero-order chi connectivity index (χ0) is 21.1. The molecule has 0 bridgehead atoms. The highest BCUT2D eigenvalue weighted by Crippen LogP contribution is 2.29. The van der Waals surface area contributed by atoms with Crippen molar-refractivity contribution in [1.29, 1.82) is 5.26 Å². The van der Waals surface area contributed by atoms with E-state index in [2.05, 4.69) is 0 Å². The third-order valence-corrected chi connectivity index (χ3v) is 4.39. The van der Waals surface area contributed by atoms with Crippen molar-refractivity contribution in [2.75, 3.05) is 21.3 Å². The Morgan fingerprint density at radius 2 is 1.66 bits per heavy atom. The zero-order valence-electron chi connectivity index (χ0n) is 15.9. The predicted molar refractivity (Wildman–Crippen MR) is 101 cm³/mol. The number of hydrogen-bond acceptors (Lipinski definition) is 7. The molecule has 0 aliphatic rings. The molecule has 146 valence electrons. The quantitative estimate of drug-likeness (QED) is 0.485. The number of esters is 2. The molecule has 29 heavy (non-hydrogen) atoms. The van der Waals surface area contributed by atoms with Crippen LogP contribution in [0.5, 0.6) is 5.75 Å². The summed E-state index contributed by atoms with van der Waals surface area (Å²) in [6.07, 6.45) is 1.44. The maximum Gasteiger partial charge on any atom is 0.341 e. The zero-order valence-corrected chi connectivity index (χ0v) is 15.9. The number of methoxy groups -OCH3 is 3. The highest BCUT2D eigenvalue weighted by atomic mass is 16.5. The van der Waals surface area contributed by atoms with E-state index in [4.69, 9.17) is 14.2 Å². The van der Waals surface area contributed by atoms with Gasteiger partial charge in [-0.25, -0.2) is 9.59 Å². The average molecular weight is 392 g/mol. The van der Waals surface area contributed by atoms with Crippen molar-refractivity contribution in [2.45, 2.75) is 0 Å². The van der Waals surface area contributed by atoms with Gasteiger partial charge in [0.2, 0.25) is 5.78 Å². The number of carbonyl (C=O) groups is 3. The molecular formula is C21H16N2O6. The van der Waals surface area contributed by atoms with E-state index in [-0.39, 0.29) is 33.5 Å². The predicted octanol–water partition coefficient (Wildman–Crippen LogP) is 2.62. The number of rotatable bonds is 5. The fourth-order valence-corrected chi connectivity index (χ4v) is 3.06. The number of nitriles is 1. The Morgan fingerprint density at radius 1 is 0.966 bits per heavy atom. The van der Waals surface area contributed by atoms with Crippen LogP contribution in [-0.4, -0.2) is 43.5 Å². The molecule has 0 radical (unpaired) electrons. The molecule has 0 aliphatic heterocycles. The lowest BCUT2D eigenvalue weighted by molar-refractivity contribution is 0.0556. The van der Waals surface area contributed by atoms with Crippen molar-refractivity contribution in [3.63, 3.8) is 0 Å². The number of ether oxygens (including phenoxy) is 3. The van der Waals surface area contributed by atoms with E-state index in [1.165, 1.54) is 35.9 Å². The first-order valence-electron chi connectivity index (χ1n) is 8.40. The van der Waals surface area contributed by atoms with Crippen LogP contribution < -0.4 is 4.74 Å². The number of aromatic nitrogens is 1. The van der Waals surface area contributed by atoms with E-state index in [1.807, 2.05) is 6.07 Å². The summed E-state index contributed by atoms with van der Waals surface area (Å²) in [7, 11) is 3.77. The normalized spacial score (nSPS) is 10.3. The van der Waals surface area contributed by atoms with E-state index in [9.17, 15) is 19.6 Å². The average Bonchev–Trinajstić information content (AvgIpc) is 3.11. The first kappa shape index (κ1) is 19.6. The van der Waals surface area contributed by atoms with E-state index in [0.29, 0.717) is 5.75 Å². The van der Waals surface area contributed by atoms with Crippen molar-refractivity contribution in [2.24, 2.45) is 0 Å². The molecule has 0 saturated heterocycles. The molecule has 0 fully saturated rings. The van der Waals surface area contributed by atoms with Gasteiger partial charge in [-0.05, 0) is 24.3 Å². The van der Waals surface area contributed by atoms with Gasteiger partial charge in [-0.3, -0.25) is 4.79 Å². The fourth-order valence-electron chi connectivity index (χ4n) is 3.06. The number of carbonyl (C=O) groups excluding carboxylic acids is 3. The molecule has 0 N–H and O–H groups in total. The van der Waals surface area contributed by atoms with Gasteiger partial charge in [-0.15, -0.1) is 0 Å². The second-order valence-corrected chi connectivity index (χ2v) is 5.93. The minimum absolute atomic E-state index is 0.0787. The van der Waals surface area contributed by atoms with Crippen LogP contribution in [0.3, 0.4) is 0 Å². The number of fused-ring (bicyclic) bond motifs is 1. The highest BCUT2D eigenvalue weighted by molar-refractivity contribution is 6.20. The van der Waals surface area contributed by atoms with Gasteiger partial charge in [-0.1, -0.05) is 12.1 Å². The maximum absolute atomic E-state index is 13.3. The Bertz CT molecular complexity index is 1190. The third-order valence-electron chi connectivity index (χ3n) is 4.39. The summed E-state index contributed by atoms with van der Waals surface area (Å²) in [5, 5.41) is 9.21. The second kappa shape index (κ2) is 7.86. The van der Waals surface area contributed by atoms with Gasteiger partial charge in [0, 0.05) is 11.8 Å². The Labute approximate surface area is 165 Å². The molecule has 0 spiro atoms. The summed E-state index contributed by atoms with van der Waals surface area (Å²) in [6.45, 7) is 0. The van der Waals surface area contributed by atoms with Crippen LogP contribution in [0, 0.1) is 11.3 Å². The number of ketones is 1. The van der Waals surface area contributed by atoms with Crippen molar-refractivity contribution in [3.8, 4) is 11.8 Å². The van der Waals surface area contributed by atoms with Gasteiger partial charge in [0.05, 0.1) is 38.5 Å². The Morgan fingerprint density at radius 3 is 2.28 bits per heavy atom. The SMILES string of the molecule is COC(=O)c1c(C(=O)OC)c2cc(C#N)ccn2c1C(=O)c1cccc(OC)c1. The molecule has 3 rings (SSSR count). The summed E-state index contributed by atoms with van der Waals surface area (Å²) in [6, 6.07) is 11.2. The van der Waals surface area contributed by atoms with Crippen LogP contribution >= 0.6 is 0 Å². The third kappa shape index (κ3) is 3.30. The van der Waals surface area contributed by atoms with Crippen LogP contribution in [0.2, 0.25) is 0 Å². The molecule has 0 unspecified atom stereocenters. The van der Waals surface area contributed by atoms with E-state index in [1.54, 1.807) is 18.2 Å². The molecule has 2 heterocycles. The van der Waals surface area contributed by atoms with E-state index < -0.39 is 17.7 Å². The smallest absolute Gasteiger partial charge is 0.341 e. The molecule has 0 atom stereocenters. The van der Waals surface area contributed by atoms with Crippen molar-refractivity contribution < 1.29 is 28.6 Å². The van der Waals surface area contributed by atoms with Gasteiger partial charge < -0.3 is 18.6 Å². The molecule has 0 amide bonds. The number of benzene rings is 1. The largest absolute Gasteiger partial charge is 0.497 e. The van der Waals surface area contributed by atoms with Crippen molar-refractivity contribution in [1.82, 2.24) is 4.40 Å². The summed E-state index contributed by atoms with van der Waals surface area (Å²) in [5.41, 5.74) is 0.212. The lowest BCUT2D eigenvalue weighted by Crippen LogP contribution is -2.15. The topological polar surface area (TPSA) is 107 Å². The standard InChI is InChI=1S/C21H16N2O6/c1-27-14-6-4-5-13(10-14)19(24)18-17(21(26)29-3)16(20(25)28-2)15-9-12(11-22)7-8-23(15)18/h4-10H,1-3H3. The summed E-state index contributed by atoms with van der Waals surface area (Å²) < 4.78 is 16.2.